The lowest BCUT2D eigenvalue weighted by molar-refractivity contribution is -0.122. The standard InChI is InChI=1S/C31H35NO4/c1-5-21(16-22-13-19(3)29(33)20(4)14-22)11-12-26-27-18(2)15-24-28(25(27)17-36-26)31(35)32(30(24)34)23-9-7-6-8-10-23/h6-10,13-14,16,24-26,28,33H,5,11-12,15,17H2,1-4H3/b21-16+/t24-,25+,26-,28-/m1/s1. The van der Waals surface area contributed by atoms with E-state index in [4.69, 9.17) is 4.74 Å². The fraction of sp³-hybridized carbons (Fsp3) is 0.419. The molecule has 0 saturated carbocycles. The predicted molar refractivity (Wildman–Crippen MR) is 142 cm³/mol. The number of ether oxygens (including phenoxy) is 1. The van der Waals surface area contributed by atoms with Crippen molar-refractivity contribution in [3.05, 3.63) is 75.9 Å². The average molecular weight is 486 g/mol. The zero-order valence-electron chi connectivity index (χ0n) is 21.6. The third kappa shape index (κ3) is 4.20. The number of anilines is 1. The first-order chi connectivity index (χ1) is 17.3. The van der Waals surface area contributed by atoms with Crippen LogP contribution in [0.1, 0.15) is 56.2 Å². The Morgan fingerprint density at radius 2 is 1.75 bits per heavy atom. The number of aromatic hydroxyl groups is 1. The van der Waals surface area contributed by atoms with Gasteiger partial charge < -0.3 is 9.84 Å². The van der Waals surface area contributed by atoms with E-state index in [0.717, 1.165) is 36.0 Å². The maximum Gasteiger partial charge on any atom is 0.238 e. The number of nitrogens with zero attached hydrogens (tertiary/aromatic N) is 1. The molecule has 2 aromatic rings. The van der Waals surface area contributed by atoms with Crippen molar-refractivity contribution >= 4 is 23.6 Å². The molecule has 5 nitrogen and oxygen atoms in total. The van der Waals surface area contributed by atoms with E-state index < -0.39 is 0 Å². The van der Waals surface area contributed by atoms with Crippen LogP contribution in [-0.4, -0.2) is 29.6 Å². The molecule has 36 heavy (non-hydrogen) atoms. The van der Waals surface area contributed by atoms with Crippen LogP contribution in [0.3, 0.4) is 0 Å². The molecule has 2 heterocycles. The topological polar surface area (TPSA) is 66.8 Å². The Bertz CT molecular complexity index is 1240. The second-order valence-corrected chi connectivity index (χ2v) is 10.5. The zero-order chi connectivity index (χ0) is 25.6. The number of rotatable bonds is 6. The van der Waals surface area contributed by atoms with E-state index in [1.807, 2.05) is 56.3 Å². The van der Waals surface area contributed by atoms with Crippen molar-refractivity contribution in [3.63, 3.8) is 0 Å². The smallest absolute Gasteiger partial charge is 0.238 e. The van der Waals surface area contributed by atoms with E-state index in [9.17, 15) is 14.7 Å². The molecule has 0 unspecified atom stereocenters. The number of fused-ring (bicyclic) bond motifs is 3. The Morgan fingerprint density at radius 3 is 2.42 bits per heavy atom. The maximum absolute atomic E-state index is 13.5. The molecular formula is C31H35NO4. The Hall–Kier alpha value is -3.18. The van der Waals surface area contributed by atoms with Gasteiger partial charge in [-0.25, -0.2) is 0 Å². The highest BCUT2D eigenvalue weighted by molar-refractivity contribution is 6.22. The van der Waals surface area contributed by atoms with Gasteiger partial charge in [-0.05, 0) is 93.0 Å². The van der Waals surface area contributed by atoms with Crippen molar-refractivity contribution < 1.29 is 19.4 Å². The van der Waals surface area contributed by atoms with Gasteiger partial charge in [0.05, 0.1) is 30.2 Å². The summed E-state index contributed by atoms with van der Waals surface area (Å²) in [7, 11) is 0. The van der Waals surface area contributed by atoms with Gasteiger partial charge >= 0.3 is 0 Å². The minimum atomic E-state index is -0.328. The SMILES string of the molecule is CC/C(=C\c1cc(C)c(O)c(C)c1)CC[C@H]1OC[C@H]2C1=C(C)C[C@H]1C(=O)N(c3ccccc3)C(=O)[C@H]12. The van der Waals surface area contributed by atoms with E-state index in [1.165, 1.54) is 21.6 Å². The van der Waals surface area contributed by atoms with Crippen LogP contribution in [0, 0.1) is 31.6 Å². The van der Waals surface area contributed by atoms with Crippen LogP contribution in [0.5, 0.6) is 5.75 Å². The van der Waals surface area contributed by atoms with Crippen molar-refractivity contribution in [1.82, 2.24) is 0 Å². The van der Waals surface area contributed by atoms with Crippen LogP contribution in [-0.2, 0) is 14.3 Å². The molecule has 3 aliphatic rings. The van der Waals surface area contributed by atoms with Gasteiger partial charge in [-0.3, -0.25) is 14.5 Å². The number of phenolic OH excluding ortho intramolecular Hbond substituents is 1. The number of carbonyl (C=O) groups excluding carboxylic acids is 2. The van der Waals surface area contributed by atoms with Gasteiger partial charge in [-0.2, -0.15) is 0 Å². The minimum Gasteiger partial charge on any atom is -0.507 e. The highest BCUT2D eigenvalue weighted by Gasteiger charge is 2.56. The summed E-state index contributed by atoms with van der Waals surface area (Å²) in [6, 6.07) is 13.3. The van der Waals surface area contributed by atoms with Crippen LogP contribution in [0.25, 0.3) is 6.08 Å². The zero-order valence-corrected chi connectivity index (χ0v) is 21.6. The number of allylic oxidation sites excluding steroid dienone is 2. The van der Waals surface area contributed by atoms with Gasteiger partial charge in [0.15, 0.2) is 0 Å². The third-order valence-electron chi connectivity index (χ3n) is 8.23. The van der Waals surface area contributed by atoms with Crippen LogP contribution in [0.2, 0.25) is 0 Å². The average Bonchev–Trinajstić information content (AvgIpc) is 3.39. The summed E-state index contributed by atoms with van der Waals surface area (Å²) in [5.41, 5.74) is 7.34. The third-order valence-corrected chi connectivity index (χ3v) is 8.23. The van der Waals surface area contributed by atoms with E-state index in [2.05, 4.69) is 19.9 Å². The van der Waals surface area contributed by atoms with Crippen molar-refractivity contribution in [2.75, 3.05) is 11.5 Å². The number of benzene rings is 2. The van der Waals surface area contributed by atoms with E-state index in [1.54, 1.807) is 0 Å². The van der Waals surface area contributed by atoms with E-state index >= 15 is 0 Å². The second kappa shape index (κ2) is 9.70. The minimum absolute atomic E-state index is 0.0112. The number of hydrogen-bond acceptors (Lipinski definition) is 4. The highest BCUT2D eigenvalue weighted by atomic mass is 16.5. The summed E-state index contributed by atoms with van der Waals surface area (Å²) >= 11 is 0. The number of aryl methyl sites for hydroxylation is 2. The van der Waals surface area contributed by atoms with Gasteiger partial charge in [-0.15, -0.1) is 0 Å². The molecule has 0 aromatic heterocycles. The van der Waals surface area contributed by atoms with Gasteiger partial charge in [-0.1, -0.05) is 42.3 Å². The fourth-order valence-electron chi connectivity index (χ4n) is 6.44. The van der Waals surface area contributed by atoms with Gasteiger partial charge in [0.25, 0.3) is 0 Å². The van der Waals surface area contributed by atoms with Crippen LogP contribution >= 0.6 is 0 Å². The first-order valence-corrected chi connectivity index (χ1v) is 13.0. The van der Waals surface area contributed by atoms with Gasteiger partial charge in [0.1, 0.15) is 5.75 Å². The molecule has 2 saturated heterocycles. The Balaban J connectivity index is 1.33. The Morgan fingerprint density at radius 1 is 1.06 bits per heavy atom. The number of phenols is 1. The van der Waals surface area contributed by atoms with Crippen molar-refractivity contribution in [2.24, 2.45) is 17.8 Å². The van der Waals surface area contributed by atoms with E-state index in [0.29, 0.717) is 24.5 Å². The van der Waals surface area contributed by atoms with Gasteiger partial charge in [0.2, 0.25) is 11.8 Å². The summed E-state index contributed by atoms with van der Waals surface area (Å²) < 4.78 is 6.30. The molecule has 2 fully saturated rings. The summed E-state index contributed by atoms with van der Waals surface area (Å²) in [6.07, 6.45) is 5.55. The first kappa shape index (κ1) is 24.5. The number of carbonyl (C=O) groups is 2. The lowest BCUT2D eigenvalue weighted by Crippen LogP contribution is -2.34. The molecule has 0 bridgehead atoms. The van der Waals surface area contributed by atoms with Crippen LogP contribution in [0.15, 0.2) is 59.2 Å². The molecule has 2 aromatic carbocycles. The molecule has 188 valence electrons. The lowest BCUT2D eigenvalue weighted by Gasteiger charge is -2.30. The molecular weight excluding hydrogens is 450 g/mol. The molecule has 0 spiro atoms. The number of hydrogen-bond donors (Lipinski definition) is 1. The second-order valence-electron chi connectivity index (χ2n) is 10.5. The summed E-state index contributed by atoms with van der Waals surface area (Å²) in [6.45, 7) is 8.64. The van der Waals surface area contributed by atoms with Crippen molar-refractivity contribution in [3.8, 4) is 5.75 Å². The molecule has 0 radical (unpaired) electrons. The van der Waals surface area contributed by atoms with Crippen molar-refractivity contribution in [1.29, 1.82) is 0 Å². The largest absolute Gasteiger partial charge is 0.507 e. The molecule has 2 aliphatic heterocycles. The van der Waals surface area contributed by atoms with Crippen molar-refractivity contribution in [2.45, 2.75) is 59.5 Å². The fourth-order valence-corrected chi connectivity index (χ4v) is 6.44. The first-order valence-electron chi connectivity index (χ1n) is 13.0. The normalized spacial score (nSPS) is 26.0. The Labute approximate surface area is 213 Å². The number of imide groups is 1. The Kier molecular flexibility index (Phi) is 6.60. The monoisotopic (exact) mass is 485 g/mol. The van der Waals surface area contributed by atoms with Crippen LogP contribution in [0.4, 0.5) is 5.69 Å². The van der Waals surface area contributed by atoms with Crippen LogP contribution < -0.4 is 4.90 Å². The summed E-state index contributed by atoms with van der Waals surface area (Å²) in [5.74, 6) is -0.433. The quantitative estimate of drug-likeness (QED) is 0.395. The number of amides is 2. The summed E-state index contributed by atoms with van der Waals surface area (Å²) in [4.78, 5) is 28.2. The lowest BCUT2D eigenvalue weighted by atomic mass is 9.70. The predicted octanol–water partition coefficient (Wildman–Crippen LogP) is 6.12. The molecule has 5 rings (SSSR count). The molecule has 1 N–H and O–H groups in total. The van der Waals surface area contributed by atoms with E-state index in [-0.39, 0.29) is 35.7 Å². The molecule has 2 amide bonds. The number of para-hydroxylation sites is 1. The highest BCUT2D eigenvalue weighted by Crippen LogP contribution is 2.50. The molecule has 1 aliphatic carbocycles. The van der Waals surface area contributed by atoms with Gasteiger partial charge in [0, 0.05) is 5.92 Å². The molecule has 5 heteroatoms. The molecule has 4 atom stereocenters. The summed E-state index contributed by atoms with van der Waals surface area (Å²) in [5, 5.41) is 10.1. The maximum atomic E-state index is 13.5.